The smallest absolute Gasteiger partial charge is 0.122 e. The van der Waals surface area contributed by atoms with Crippen LogP contribution in [0.15, 0.2) is 22.8 Å². The average molecular weight is 239 g/mol. The van der Waals surface area contributed by atoms with E-state index in [1.54, 1.807) is 6.26 Å². The predicted octanol–water partition coefficient (Wildman–Crippen LogP) is 1.55. The molecule has 1 atom stereocenters. The fourth-order valence-corrected chi connectivity index (χ4v) is 2.05. The van der Waals surface area contributed by atoms with E-state index >= 15 is 0 Å². The molecule has 0 bridgehead atoms. The Balaban J connectivity index is 2.52. The molecule has 0 aliphatic rings. The summed E-state index contributed by atoms with van der Waals surface area (Å²) in [6.07, 6.45) is 2.86. The zero-order valence-electron chi connectivity index (χ0n) is 11.2. The molecule has 4 heteroatoms. The lowest BCUT2D eigenvalue weighted by molar-refractivity contribution is 0.180. The van der Waals surface area contributed by atoms with E-state index in [9.17, 15) is 0 Å². The minimum atomic E-state index is 0.206. The van der Waals surface area contributed by atoms with Crippen molar-refractivity contribution < 1.29 is 4.42 Å². The highest BCUT2D eigenvalue weighted by molar-refractivity contribution is 5.05. The largest absolute Gasteiger partial charge is 0.468 e. The molecule has 17 heavy (non-hydrogen) atoms. The molecular weight excluding hydrogens is 214 g/mol. The van der Waals surface area contributed by atoms with E-state index in [1.807, 2.05) is 12.1 Å². The first-order valence-electron chi connectivity index (χ1n) is 6.31. The lowest BCUT2D eigenvalue weighted by atomic mass is 10.1. The van der Waals surface area contributed by atoms with Gasteiger partial charge in [0.05, 0.1) is 12.3 Å². The van der Waals surface area contributed by atoms with Crippen molar-refractivity contribution in [2.24, 2.45) is 5.73 Å². The number of likely N-dealkylation sites (N-methyl/N-ethyl adjacent to an activating group) is 1. The monoisotopic (exact) mass is 239 g/mol. The van der Waals surface area contributed by atoms with E-state index in [-0.39, 0.29) is 6.04 Å². The molecular formula is C13H25N3O. The minimum Gasteiger partial charge on any atom is -0.468 e. The quantitative estimate of drug-likeness (QED) is 0.747. The van der Waals surface area contributed by atoms with Crippen LogP contribution in [0.2, 0.25) is 0 Å². The van der Waals surface area contributed by atoms with Crippen LogP contribution in [0.5, 0.6) is 0 Å². The zero-order chi connectivity index (χ0) is 12.7. The van der Waals surface area contributed by atoms with Crippen molar-refractivity contribution in [1.29, 1.82) is 0 Å². The maximum Gasteiger partial charge on any atom is 0.122 e. The van der Waals surface area contributed by atoms with E-state index < -0.39 is 0 Å². The van der Waals surface area contributed by atoms with Gasteiger partial charge in [-0.1, -0.05) is 6.92 Å². The Hall–Kier alpha value is -0.840. The van der Waals surface area contributed by atoms with Gasteiger partial charge < -0.3 is 15.1 Å². The van der Waals surface area contributed by atoms with Crippen LogP contribution in [0.25, 0.3) is 0 Å². The van der Waals surface area contributed by atoms with E-state index in [0.717, 1.165) is 31.8 Å². The third-order valence-corrected chi connectivity index (χ3v) is 2.99. The van der Waals surface area contributed by atoms with Gasteiger partial charge in [0.2, 0.25) is 0 Å². The summed E-state index contributed by atoms with van der Waals surface area (Å²) in [6.45, 7) is 5.92. The molecule has 2 N–H and O–H groups in total. The number of nitrogens with two attached hydrogens (primary N) is 1. The molecule has 0 amide bonds. The maximum absolute atomic E-state index is 5.86. The third kappa shape index (κ3) is 4.50. The van der Waals surface area contributed by atoms with Crippen LogP contribution in [0, 0.1) is 0 Å². The van der Waals surface area contributed by atoms with Gasteiger partial charge in [-0.25, -0.2) is 0 Å². The average Bonchev–Trinajstić information content (AvgIpc) is 2.81. The molecule has 1 rings (SSSR count). The molecule has 1 unspecified atom stereocenters. The van der Waals surface area contributed by atoms with Crippen LogP contribution >= 0.6 is 0 Å². The summed E-state index contributed by atoms with van der Waals surface area (Å²) >= 11 is 0. The van der Waals surface area contributed by atoms with Crippen molar-refractivity contribution >= 4 is 0 Å². The highest BCUT2D eigenvalue weighted by Gasteiger charge is 2.19. The molecule has 0 saturated heterocycles. The van der Waals surface area contributed by atoms with Gasteiger partial charge in [-0.15, -0.1) is 0 Å². The van der Waals surface area contributed by atoms with Crippen LogP contribution in [0.1, 0.15) is 25.1 Å². The highest BCUT2D eigenvalue weighted by Crippen LogP contribution is 2.19. The van der Waals surface area contributed by atoms with Crippen molar-refractivity contribution in [2.75, 3.05) is 40.3 Å². The van der Waals surface area contributed by atoms with Crippen LogP contribution in [0.4, 0.5) is 0 Å². The van der Waals surface area contributed by atoms with E-state index in [4.69, 9.17) is 10.2 Å². The lowest BCUT2D eigenvalue weighted by Gasteiger charge is -2.28. The highest BCUT2D eigenvalue weighted by atomic mass is 16.3. The van der Waals surface area contributed by atoms with Gasteiger partial charge in [0.1, 0.15) is 5.76 Å². The third-order valence-electron chi connectivity index (χ3n) is 2.99. The topological polar surface area (TPSA) is 45.6 Å². The molecule has 0 spiro atoms. The van der Waals surface area contributed by atoms with Gasteiger partial charge in [-0.05, 0) is 45.7 Å². The Labute approximate surface area is 104 Å². The summed E-state index contributed by atoms with van der Waals surface area (Å²) in [5, 5.41) is 0. The van der Waals surface area contributed by atoms with Gasteiger partial charge >= 0.3 is 0 Å². The lowest BCUT2D eigenvalue weighted by Crippen LogP contribution is -2.35. The van der Waals surface area contributed by atoms with Gasteiger partial charge in [0.25, 0.3) is 0 Å². The number of furan rings is 1. The van der Waals surface area contributed by atoms with Crippen LogP contribution < -0.4 is 5.73 Å². The molecule has 0 fully saturated rings. The van der Waals surface area contributed by atoms with Gasteiger partial charge in [0.15, 0.2) is 0 Å². The van der Waals surface area contributed by atoms with Crippen molar-refractivity contribution in [3.8, 4) is 0 Å². The first-order valence-corrected chi connectivity index (χ1v) is 6.31. The molecule has 0 aliphatic heterocycles. The molecule has 1 aromatic heterocycles. The summed E-state index contributed by atoms with van der Waals surface area (Å²) in [5.74, 6) is 0.971. The number of hydrogen-bond acceptors (Lipinski definition) is 4. The van der Waals surface area contributed by atoms with E-state index in [0.29, 0.717) is 6.54 Å². The summed E-state index contributed by atoms with van der Waals surface area (Å²) in [4.78, 5) is 4.58. The molecule has 1 heterocycles. The van der Waals surface area contributed by atoms with Crippen molar-refractivity contribution in [2.45, 2.75) is 19.4 Å². The Bertz CT molecular complexity index is 285. The van der Waals surface area contributed by atoms with Gasteiger partial charge in [-0.3, -0.25) is 4.90 Å². The first kappa shape index (κ1) is 14.2. The summed E-state index contributed by atoms with van der Waals surface area (Å²) < 4.78 is 5.46. The molecule has 98 valence electrons. The Morgan fingerprint density at radius 3 is 2.59 bits per heavy atom. The Kier molecular flexibility index (Phi) is 6.26. The second-order valence-electron chi connectivity index (χ2n) is 4.55. The summed E-state index contributed by atoms with van der Waals surface area (Å²) in [6, 6.07) is 4.13. The zero-order valence-corrected chi connectivity index (χ0v) is 11.2. The molecule has 4 nitrogen and oxygen atoms in total. The van der Waals surface area contributed by atoms with E-state index in [1.165, 1.54) is 0 Å². The van der Waals surface area contributed by atoms with Crippen LogP contribution in [-0.2, 0) is 0 Å². The van der Waals surface area contributed by atoms with Crippen LogP contribution in [0.3, 0.4) is 0 Å². The molecule has 0 radical (unpaired) electrons. The summed E-state index contributed by atoms with van der Waals surface area (Å²) in [5.41, 5.74) is 5.86. The predicted molar refractivity (Wildman–Crippen MR) is 70.9 cm³/mol. The Morgan fingerprint density at radius 1 is 1.35 bits per heavy atom. The first-order chi connectivity index (χ1) is 8.19. The number of rotatable bonds is 8. The molecule has 0 aromatic carbocycles. The van der Waals surface area contributed by atoms with Gasteiger partial charge in [0, 0.05) is 13.1 Å². The SMILES string of the molecule is CCN(CCCN(C)C)C(CN)c1ccco1. The fraction of sp³-hybridized carbons (Fsp3) is 0.692. The van der Waals surface area contributed by atoms with E-state index in [2.05, 4.69) is 30.8 Å². The molecule has 0 saturated carbocycles. The standard InChI is InChI=1S/C13H25N3O/c1-4-16(9-6-8-15(2)3)12(11-14)13-7-5-10-17-13/h5,7,10,12H,4,6,8-9,11,14H2,1-3H3. The van der Waals surface area contributed by atoms with Crippen LogP contribution in [-0.4, -0.2) is 50.1 Å². The van der Waals surface area contributed by atoms with Crippen molar-refractivity contribution in [1.82, 2.24) is 9.80 Å². The van der Waals surface area contributed by atoms with Crippen molar-refractivity contribution in [3.05, 3.63) is 24.2 Å². The molecule has 0 aliphatic carbocycles. The van der Waals surface area contributed by atoms with Gasteiger partial charge in [-0.2, -0.15) is 0 Å². The Morgan fingerprint density at radius 2 is 2.12 bits per heavy atom. The van der Waals surface area contributed by atoms with Crippen molar-refractivity contribution in [3.63, 3.8) is 0 Å². The fourth-order valence-electron chi connectivity index (χ4n) is 2.05. The number of nitrogens with zero attached hydrogens (tertiary/aromatic N) is 2. The second kappa shape index (κ2) is 7.48. The number of hydrogen-bond donors (Lipinski definition) is 1. The minimum absolute atomic E-state index is 0.206. The maximum atomic E-state index is 5.86. The summed E-state index contributed by atoms with van der Waals surface area (Å²) in [7, 11) is 4.20. The normalized spacial score (nSPS) is 13.5. The second-order valence-corrected chi connectivity index (χ2v) is 4.55. The molecule has 1 aromatic rings.